The molecule has 2 N–H and O–H groups in total. The Balaban J connectivity index is 2.27. The Hall–Kier alpha value is -1.62. The highest BCUT2D eigenvalue weighted by Gasteiger charge is 2.28. The number of carbonyl (C=O) groups is 1. The number of hydrogen-bond donors (Lipinski definition) is 2. The van der Waals surface area contributed by atoms with Gasteiger partial charge in [0.2, 0.25) is 0 Å². The zero-order chi connectivity index (χ0) is 13.1. The molecule has 2 heterocycles. The summed E-state index contributed by atoms with van der Waals surface area (Å²) in [5.41, 5.74) is 0.619. The van der Waals surface area contributed by atoms with Gasteiger partial charge in [0.15, 0.2) is 5.43 Å². The molecule has 0 spiro atoms. The fourth-order valence-electron chi connectivity index (χ4n) is 2.35. The van der Waals surface area contributed by atoms with Crippen molar-refractivity contribution in [1.29, 1.82) is 0 Å². The molecule has 0 bridgehead atoms. The SMILES string of the molecule is Cc1cc(=O)c(C(=O)N2CCCCC2CO)c[nH]1. The van der Waals surface area contributed by atoms with Crippen molar-refractivity contribution >= 4 is 5.91 Å². The van der Waals surface area contributed by atoms with Crippen LogP contribution in [-0.2, 0) is 0 Å². The molecule has 1 aromatic rings. The second-order valence-corrected chi connectivity index (χ2v) is 4.72. The zero-order valence-corrected chi connectivity index (χ0v) is 10.5. The summed E-state index contributed by atoms with van der Waals surface area (Å²) in [6.45, 7) is 2.33. The summed E-state index contributed by atoms with van der Waals surface area (Å²) < 4.78 is 0. The number of aliphatic hydroxyl groups excluding tert-OH is 1. The van der Waals surface area contributed by atoms with Gasteiger partial charge in [0.05, 0.1) is 12.6 Å². The van der Waals surface area contributed by atoms with E-state index >= 15 is 0 Å². The Morgan fingerprint density at radius 1 is 1.56 bits per heavy atom. The maximum Gasteiger partial charge on any atom is 0.259 e. The summed E-state index contributed by atoms with van der Waals surface area (Å²) >= 11 is 0. The molecular formula is C13H18N2O3. The molecule has 0 radical (unpaired) electrons. The number of nitrogens with one attached hydrogen (secondary N) is 1. The van der Waals surface area contributed by atoms with Crippen molar-refractivity contribution in [3.8, 4) is 0 Å². The van der Waals surface area contributed by atoms with Gasteiger partial charge in [-0.2, -0.15) is 0 Å². The first kappa shape index (κ1) is 12.8. The molecule has 1 aromatic heterocycles. The van der Waals surface area contributed by atoms with Crippen LogP contribution in [0.4, 0.5) is 0 Å². The smallest absolute Gasteiger partial charge is 0.259 e. The topological polar surface area (TPSA) is 73.4 Å². The molecule has 1 unspecified atom stereocenters. The van der Waals surface area contributed by atoms with Gasteiger partial charge in [-0.3, -0.25) is 9.59 Å². The number of pyridine rings is 1. The Kier molecular flexibility index (Phi) is 3.81. The van der Waals surface area contributed by atoms with Crippen LogP contribution in [0.3, 0.4) is 0 Å². The molecular weight excluding hydrogens is 232 g/mol. The number of rotatable bonds is 2. The van der Waals surface area contributed by atoms with Crippen LogP contribution >= 0.6 is 0 Å². The molecule has 1 saturated heterocycles. The Morgan fingerprint density at radius 2 is 2.33 bits per heavy atom. The summed E-state index contributed by atoms with van der Waals surface area (Å²) in [7, 11) is 0. The van der Waals surface area contributed by atoms with Crippen molar-refractivity contribution < 1.29 is 9.90 Å². The lowest BCUT2D eigenvalue weighted by Crippen LogP contribution is -2.46. The molecule has 98 valence electrons. The van der Waals surface area contributed by atoms with Crippen LogP contribution in [0.15, 0.2) is 17.1 Å². The van der Waals surface area contributed by atoms with Gasteiger partial charge in [-0.05, 0) is 26.2 Å². The Labute approximate surface area is 105 Å². The number of aromatic amines is 1. The predicted molar refractivity (Wildman–Crippen MR) is 67.6 cm³/mol. The molecule has 0 saturated carbocycles. The molecule has 1 atom stereocenters. The summed E-state index contributed by atoms with van der Waals surface area (Å²) in [6, 6.07) is 1.26. The fourth-order valence-corrected chi connectivity index (χ4v) is 2.35. The van der Waals surface area contributed by atoms with Gasteiger partial charge in [0, 0.05) is 24.5 Å². The van der Waals surface area contributed by atoms with E-state index in [1.54, 1.807) is 11.8 Å². The van der Waals surface area contributed by atoms with Crippen LogP contribution in [0, 0.1) is 6.92 Å². The number of piperidine rings is 1. The van der Waals surface area contributed by atoms with E-state index < -0.39 is 0 Å². The monoisotopic (exact) mass is 250 g/mol. The minimum Gasteiger partial charge on any atom is -0.394 e. The summed E-state index contributed by atoms with van der Waals surface area (Å²) in [6.07, 6.45) is 4.19. The Bertz CT molecular complexity index is 495. The molecule has 1 fully saturated rings. The molecule has 1 aliphatic rings. The van der Waals surface area contributed by atoms with Gasteiger partial charge in [-0.15, -0.1) is 0 Å². The highest BCUT2D eigenvalue weighted by molar-refractivity contribution is 5.94. The van der Waals surface area contributed by atoms with Crippen molar-refractivity contribution in [3.63, 3.8) is 0 Å². The van der Waals surface area contributed by atoms with Crippen molar-refractivity contribution in [2.24, 2.45) is 0 Å². The molecule has 1 amide bonds. The quantitative estimate of drug-likeness (QED) is 0.810. The van der Waals surface area contributed by atoms with E-state index in [4.69, 9.17) is 0 Å². The minimum absolute atomic E-state index is 0.0461. The van der Waals surface area contributed by atoms with E-state index in [-0.39, 0.29) is 29.5 Å². The highest BCUT2D eigenvalue weighted by Crippen LogP contribution is 2.18. The number of aromatic nitrogens is 1. The second kappa shape index (κ2) is 5.35. The number of nitrogens with zero attached hydrogens (tertiary/aromatic N) is 1. The highest BCUT2D eigenvalue weighted by atomic mass is 16.3. The van der Waals surface area contributed by atoms with Crippen LogP contribution in [0.2, 0.25) is 0 Å². The largest absolute Gasteiger partial charge is 0.394 e. The molecule has 2 rings (SSSR count). The number of H-pyrrole nitrogens is 1. The van der Waals surface area contributed by atoms with E-state index in [1.165, 1.54) is 12.3 Å². The lowest BCUT2D eigenvalue weighted by Gasteiger charge is -2.34. The van der Waals surface area contributed by atoms with Crippen molar-refractivity contribution in [2.45, 2.75) is 32.2 Å². The van der Waals surface area contributed by atoms with Gasteiger partial charge in [-0.1, -0.05) is 0 Å². The first-order chi connectivity index (χ1) is 8.63. The molecule has 5 nitrogen and oxygen atoms in total. The number of aryl methyl sites for hydroxylation is 1. The van der Waals surface area contributed by atoms with E-state index in [2.05, 4.69) is 4.98 Å². The average Bonchev–Trinajstić information content (AvgIpc) is 2.38. The van der Waals surface area contributed by atoms with Crippen LogP contribution in [-0.4, -0.2) is 40.1 Å². The predicted octanol–water partition coefficient (Wildman–Crippen LogP) is 0.670. The first-order valence-electron chi connectivity index (χ1n) is 6.24. The third kappa shape index (κ3) is 2.46. The molecule has 0 aromatic carbocycles. The molecule has 18 heavy (non-hydrogen) atoms. The van der Waals surface area contributed by atoms with Crippen LogP contribution < -0.4 is 5.43 Å². The van der Waals surface area contributed by atoms with Crippen molar-refractivity contribution in [3.05, 3.63) is 33.7 Å². The third-order valence-electron chi connectivity index (χ3n) is 3.39. The van der Waals surface area contributed by atoms with Gasteiger partial charge < -0.3 is 15.0 Å². The molecule has 1 aliphatic heterocycles. The lowest BCUT2D eigenvalue weighted by molar-refractivity contribution is 0.0501. The van der Waals surface area contributed by atoms with Crippen LogP contribution in [0.1, 0.15) is 35.3 Å². The van der Waals surface area contributed by atoms with Gasteiger partial charge >= 0.3 is 0 Å². The zero-order valence-electron chi connectivity index (χ0n) is 10.5. The van der Waals surface area contributed by atoms with Crippen LogP contribution in [0.5, 0.6) is 0 Å². The van der Waals surface area contributed by atoms with E-state index in [0.717, 1.165) is 25.0 Å². The lowest BCUT2D eigenvalue weighted by atomic mass is 10.0. The molecule has 0 aliphatic carbocycles. The number of likely N-dealkylation sites (tertiary alicyclic amines) is 1. The van der Waals surface area contributed by atoms with Crippen LogP contribution in [0.25, 0.3) is 0 Å². The summed E-state index contributed by atoms with van der Waals surface area (Å²) in [5.74, 6) is -0.282. The third-order valence-corrected chi connectivity index (χ3v) is 3.39. The van der Waals surface area contributed by atoms with Gasteiger partial charge in [-0.25, -0.2) is 0 Å². The van der Waals surface area contributed by atoms with E-state index in [1.807, 2.05) is 0 Å². The minimum atomic E-state index is -0.282. The molecule has 5 heteroatoms. The maximum absolute atomic E-state index is 12.3. The standard InChI is InChI=1S/C13H18N2O3/c1-9-6-12(17)11(7-14-9)13(18)15-5-3-2-4-10(15)8-16/h6-7,10,16H,2-5,8H2,1H3,(H,14,17). The summed E-state index contributed by atoms with van der Waals surface area (Å²) in [5, 5.41) is 9.29. The Morgan fingerprint density at radius 3 is 3.00 bits per heavy atom. The normalized spacial score (nSPS) is 19.9. The maximum atomic E-state index is 12.3. The number of amides is 1. The van der Waals surface area contributed by atoms with Gasteiger partial charge in [0.25, 0.3) is 5.91 Å². The van der Waals surface area contributed by atoms with Crippen molar-refractivity contribution in [2.75, 3.05) is 13.2 Å². The fraction of sp³-hybridized carbons (Fsp3) is 0.538. The van der Waals surface area contributed by atoms with E-state index in [0.29, 0.717) is 6.54 Å². The van der Waals surface area contributed by atoms with Crippen molar-refractivity contribution in [1.82, 2.24) is 9.88 Å². The number of aliphatic hydroxyl groups is 1. The average molecular weight is 250 g/mol. The second-order valence-electron chi connectivity index (χ2n) is 4.72. The van der Waals surface area contributed by atoms with Gasteiger partial charge in [0.1, 0.15) is 5.56 Å². The first-order valence-corrected chi connectivity index (χ1v) is 6.24. The number of carbonyl (C=O) groups excluding carboxylic acids is 1. The number of hydrogen-bond acceptors (Lipinski definition) is 3. The van der Waals surface area contributed by atoms with E-state index in [9.17, 15) is 14.7 Å². The summed E-state index contributed by atoms with van der Waals surface area (Å²) in [4.78, 5) is 28.6.